The lowest BCUT2D eigenvalue weighted by atomic mass is 10.2. The number of nitrogens with one attached hydrogen (secondary N) is 1. The van der Waals surface area contributed by atoms with Crippen molar-refractivity contribution in [3.8, 4) is 0 Å². The Balaban J connectivity index is 2.56. The summed E-state index contributed by atoms with van der Waals surface area (Å²) in [6, 6.07) is 3.36. The van der Waals surface area contributed by atoms with Crippen LogP contribution >= 0.6 is 11.8 Å². The van der Waals surface area contributed by atoms with Crippen LogP contribution < -0.4 is 11.1 Å². The van der Waals surface area contributed by atoms with Crippen LogP contribution in [0.25, 0.3) is 0 Å². The third kappa shape index (κ3) is 2.92. The van der Waals surface area contributed by atoms with E-state index >= 15 is 0 Å². The van der Waals surface area contributed by atoms with E-state index in [-0.39, 0.29) is 11.7 Å². The van der Waals surface area contributed by atoms with E-state index in [2.05, 4.69) is 10.3 Å². The number of aromatic nitrogens is 1. The molecule has 4 nitrogen and oxygen atoms in total. The van der Waals surface area contributed by atoms with E-state index in [9.17, 15) is 4.79 Å². The number of nitrogens with two attached hydrogens (primary N) is 1. The highest BCUT2D eigenvalue weighted by molar-refractivity contribution is 7.98. The van der Waals surface area contributed by atoms with Crippen LogP contribution in [0.15, 0.2) is 18.3 Å². The van der Waals surface area contributed by atoms with Crippen molar-refractivity contribution >= 4 is 23.5 Å². The minimum absolute atomic E-state index is 0.162. The second-order valence-electron chi connectivity index (χ2n) is 2.68. The summed E-state index contributed by atoms with van der Waals surface area (Å²) in [7, 11) is 0. The highest BCUT2D eigenvalue weighted by atomic mass is 32.2. The summed E-state index contributed by atoms with van der Waals surface area (Å²) in [5.74, 6) is 1.00. The van der Waals surface area contributed by atoms with Crippen molar-refractivity contribution < 1.29 is 4.79 Å². The van der Waals surface area contributed by atoms with Gasteiger partial charge < -0.3 is 11.1 Å². The van der Waals surface area contributed by atoms with Crippen LogP contribution in [0.5, 0.6) is 0 Å². The van der Waals surface area contributed by atoms with Gasteiger partial charge in [0.1, 0.15) is 5.82 Å². The van der Waals surface area contributed by atoms with Crippen molar-refractivity contribution in [3.05, 3.63) is 23.9 Å². The Hall–Kier alpha value is -1.23. The van der Waals surface area contributed by atoms with Gasteiger partial charge in [0.25, 0.3) is 5.91 Å². The molecule has 0 fully saturated rings. The minimum atomic E-state index is -0.162. The van der Waals surface area contributed by atoms with Crippen LogP contribution in [0.2, 0.25) is 0 Å². The highest BCUT2D eigenvalue weighted by Gasteiger charge is 2.08. The predicted molar refractivity (Wildman–Crippen MR) is 59.4 cm³/mol. The average molecular weight is 211 g/mol. The number of rotatable bonds is 4. The lowest BCUT2D eigenvalue weighted by molar-refractivity contribution is 0.0957. The largest absolute Gasteiger partial charge is 0.383 e. The standard InChI is InChI=1S/C9H13N3OS/c1-14-6-5-12-9(13)7-3-2-4-11-8(7)10/h2-4H,5-6H2,1H3,(H2,10,11)(H,12,13). The number of anilines is 1. The van der Waals surface area contributed by atoms with Gasteiger partial charge in [-0.1, -0.05) is 0 Å². The topological polar surface area (TPSA) is 68.0 Å². The van der Waals surface area contributed by atoms with Gasteiger partial charge in [0.15, 0.2) is 0 Å². The molecule has 0 radical (unpaired) electrons. The van der Waals surface area contributed by atoms with Crippen molar-refractivity contribution in [2.75, 3.05) is 24.3 Å². The molecule has 1 rings (SSSR count). The maximum atomic E-state index is 11.5. The molecular weight excluding hydrogens is 198 g/mol. The summed E-state index contributed by atoms with van der Waals surface area (Å²) < 4.78 is 0. The van der Waals surface area contributed by atoms with E-state index < -0.39 is 0 Å². The van der Waals surface area contributed by atoms with Crippen molar-refractivity contribution in [2.45, 2.75) is 0 Å². The SMILES string of the molecule is CSCCNC(=O)c1cccnc1N. The lowest BCUT2D eigenvalue weighted by Crippen LogP contribution is -2.26. The van der Waals surface area contributed by atoms with Gasteiger partial charge in [-0.05, 0) is 18.4 Å². The summed E-state index contributed by atoms with van der Waals surface area (Å²) in [6.45, 7) is 0.647. The fraction of sp³-hybridized carbons (Fsp3) is 0.333. The molecule has 1 amide bonds. The van der Waals surface area contributed by atoms with E-state index in [1.807, 2.05) is 6.26 Å². The number of thioether (sulfide) groups is 1. The Morgan fingerprint density at radius 2 is 2.50 bits per heavy atom. The quantitative estimate of drug-likeness (QED) is 0.721. The molecule has 76 valence electrons. The van der Waals surface area contributed by atoms with Gasteiger partial charge in [0, 0.05) is 18.5 Å². The Kier molecular flexibility index (Phi) is 4.25. The summed E-state index contributed by atoms with van der Waals surface area (Å²) in [6.07, 6.45) is 3.55. The summed E-state index contributed by atoms with van der Waals surface area (Å²) in [5.41, 5.74) is 5.99. The summed E-state index contributed by atoms with van der Waals surface area (Å²) >= 11 is 1.68. The highest BCUT2D eigenvalue weighted by Crippen LogP contribution is 2.05. The third-order valence-corrected chi connectivity index (χ3v) is 2.29. The molecule has 1 aromatic heterocycles. The maximum absolute atomic E-state index is 11.5. The van der Waals surface area contributed by atoms with Crippen LogP contribution in [0.4, 0.5) is 5.82 Å². The first-order valence-electron chi connectivity index (χ1n) is 4.23. The summed E-state index contributed by atoms with van der Waals surface area (Å²) in [5, 5.41) is 2.76. The van der Waals surface area contributed by atoms with Gasteiger partial charge in [-0.3, -0.25) is 4.79 Å². The Morgan fingerprint density at radius 1 is 1.71 bits per heavy atom. The van der Waals surface area contributed by atoms with Gasteiger partial charge in [0.2, 0.25) is 0 Å². The van der Waals surface area contributed by atoms with E-state index in [0.717, 1.165) is 5.75 Å². The van der Waals surface area contributed by atoms with Crippen LogP contribution in [0.1, 0.15) is 10.4 Å². The van der Waals surface area contributed by atoms with Crippen LogP contribution in [0, 0.1) is 0 Å². The number of nitrogens with zero attached hydrogens (tertiary/aromatic N) is 1. The van der Waals surface area contributed by atoms with E-state index in [1.165, 1.54) is 0 Å². The van der Waals surface area contributed by atoms with E-state index in [0.29, 0.717) is 12.1 Å². The molecule has 0 bridgehead atoms. The zero-order valence-corrected chi connectivity index (χ0v) is 8.80. The van der Waals surface area contributed by atoms with E-state index in [4.69, 9.17) is 5.73 Å². The first kappa shape index (κ1) is 10.8. The molecule has 1 aromatic rings. The average Bonchev–Trinajstić information content (AvgIpc) is 2.18. The monoisotopic (exact) mass is 211 g/mol. The number of pyridine rings is 1. The smallest absolute Gasteiger partial charge is 0.255 e. The number of hydrogen-bond acceptors (Lipinski definition) is 4. The Morgan fingerprint density at radius 3 is 3.14 bits per heavy atom. The van der Waals surface area contributed by atoms with Gasteiger partial charge in [-0.2, -0.15) is 11.8 Å². The van der Waals surface area contributed by atoms with Crippen molar-refractivity contribution in [3.63, 3.8) is 0 Å². The predicted octanol–water partition coefficient (Wildman–Crippen LogP) is 0.757. The maximum Gasteiger partial charge on any atom is 0.255 e. The number of carbonyl (C=O) groups is 1. The molecule has 3 N–H and O–H groups in total. The first-order valence-corrected chi connectivity index (χ1v) is 5.62. The van der Waals surface area contributed by atoms with Gasteiger partial charge in [-0.25, -0.2) is 4.98 Å². The molecular formula is C9H13N3OS. The van der Waals surface area contributed by atoms with E-state index in [1.54, 1.807) is 30.1 Å². The van der Waals surface area contributed by atoms with Crippen molar-refractivity contribution in [1.82, 2.24) is 10.3 Å². The number of nitrogen functional groups attached to an aromatic ring is 1. The molecule has 0 unspecified atom stereocenters. The molecule has 0 aliphatic rings. The fourth-order valence-electron chi connectivity index (χ4n) is 0.971. The van der Waals surface area contributed by atoms with Crippen LogP contribution in [-0.2, 0) is 0 Å². The normalized spacial score (nSPS) is 9.79. The van der Waals surface area contributed by atoms with Gasteiger partial charge >= 0.3 is 0 Å². The van der Waals surface area contributed by atoms with Crippen LogP contribution in [-0.4, -0.2) is 29.4 Å². The molecule has 14 heavy (non-hydrogen) atoms. The second-order valence-corrected chi connectivity index (χ2v) is 3.67. The lowest BCUT2D eigenvalue weighted by Gasteiger charge is -2.05. The molecule has 0 saturated heterocycles. The molecule has 0 aliphatic carbocycles. The molecule has 5 heteroatoms. The van der Waals surface area contributed by atoms with Gasteiger partial charge in [-0.15, -0.1) is 0 Å². The molecule has 0 saturated carbocycles. The fourth-order valence-corrected chi connectivity index (χ4v) is 1.28. The zero-order valence-electron chi connectivity index (χ0n) is 7.99. The second kappa shape index (κ2) is 5.49. The Labute approximate surface area is 87.3 Å². The molecule has 1 heterocycles. The van der Waals surface area contributed by atoms with Gasteiger partial charge in [0.05, 0.1) is 5.56 Å². The Bertz CT molecular complexity index is 317. The molecule has 0 spiro atoms. The molecule has 0 aromatic carbocycles. The number of amides is 1. The number of carbonyl (C=O) groups excluding carboxylic acids is 1. The van der Waals surface area contributed by atoms with Crippen molar-refractivity contribution in [1.29, 1.82) is 0 Å². The van der Waals surface area contributed by atoms with Crippen molar-refractivity contribution in [2.24, 2.45) is 0 Å². The third-order valence-electron chi connectivity index (χ3n) is 1.67. The molecule has 0 atom stereocenters. The van der Waals surface area contributed by atoms with Crippen LogP contribution in [0.3, 0.4) is 0 Å². The molecule has 0 aliphatic heterocycles. The summed E-state index contributed by atoms with van der Waals surface area (Å²) in [4.78, 5) is 15.3. The zero-order chi connectivity index (χ0) is 10.4. The number of hydrogen-bond donors (Lipinski definition) is 2. The first-order chi connectivity index (χ1) is 6.75. The minimum Gasteiger partial charge on any atom is -0.383 e.